The van der Waals surface area contributed by atoms with E-state index in [1.165, 1.54) is 0 Å². The Kier molecular flexibility index (Phi) is 5.29. The molecule has 1 aliphatic rings. The molecule has 0 N–H and O–H groups in total. The zero-order valence-electron chi connectivity index (χ0n) is 15.4. The van der Waals surface area contributed by atoms with Crippen LogP contribution in [0.15, 0.2) is 30.7 Å². The monoisotopic (exact) mass is 356 g/mol. The molecule has 138 valence electrons. The molecule has 8 nitrogen and oxygen atoms in total. The Morgan fingerprint density at radius 2 is 2.19 bits per heavy atom. The van der Waals surface area contributed by atoms with Gasteiger partial charge in [0, 0.05) is 26.0 Å². The van der Waals surface area contributed by atoms with Crippen LogP contribution < -0.4 is 0 Å². The van der Waals surface area contributed by atoms with E-state index in [9.17, 15) is 9.59 Å². The molecule has 3 rings (SSSR count). The van der Waals surface area contributed by atoms with Crippen LogP contribution in [0.4, 0.5) is 0 Å². The summed E-state index contributed by atoms with van der Waals surface area (Å²) in [6.07, 6.45) is 5.77. The van der Waals surface area contributed by atoms with Crippen LogP contribution in [0.2, 0.25) is 0 Å². The summed E-state index contributed by atoms with van der Waals surface area (Å²) in [5, 5.41) is 8.00. The maximum Gasteiger partial charge on any atom is 0.248 e. The Bertz CT molecular complexity index is 773. The third-order valence-corrected chi connectivity index (χ3v) is 4.48. The smallest absolute Gasteiger partial charge is 0.248 e. The van der Waals surface area contributed by atoms with Crippen LogP contribution in [0.5, 0.6) is 0 Å². The van der Waals surface area contributed by atoms with Crippen molar-refractivity contribution >= 4 is 11.8 Å². The van der Waals surface area contributed by atoms with Gasteiger partial charge in [0.15, 0.2) is 0 Å². The largest absolute Gasteiger partial charge is 0.340 e. The molecule has 3 heterocycles. The van der Waals surface area contributed by atoms with Crippen LogP contribution in [0, 0.1) is 5.92 Å². The first-order chi connectivity index (χ1) is 12.5. The Hall–Kier alpha value is -2.77. The molecule has 2 amide bonds. The van der Waals surface area contributed by atoms with E-state index >= 15 is 0 Å². The minimum atomic E-state index is -0.391. The second-order valence-electron chi connectivity index (χ2n) is 7.12. The predicted octanol–water partition coefficient (Wildman–Crippen LogP) is 1.26. The van der Waals surface area contributed by atoms with Crippen molar-refractivity contribution in [2.75, 3.05) is 13.6 Å². The van der Waals surface area contributed by atoms with Crippen LogP contribution in [-0.2, 0) is 22.7 Å². The van der Waals surface area contributed by atoms with Gasteiger partial charge < -0.3 is 9.80 Å². The maximum atomic E-state index is 12.9. The molecule has 0 radical (unpaired) electrons. The van der Waals surface area contributed by atoms with E-state index in [0.717, 1.165) is 11.3 Å². The highest BCUT2D eigenvalue weighted by Crippen LogP contribution is 2.26. The number of aromatic nitrogens is 4. The number of hydrogen-bond donors (Lipinski definition) is 0. The first kappa shape index (κ1) is 18.0. The van der Waals surface area contributed by atoms with Crippen molar-refractivity contribution in [1.29, 1.82) is 0 Å². The number of likely N-dealkylation sites (N-methyl/N-ethyl adjacent to an activating group) is 1. The van der Waals surface area contributed by atoms with Crippen molar-refractivity contribution in [3.8, 4) is 0 Å². The number of nitrogens with zero attached hydrogens (tertiary/aromatic N) is 6. The van der Waals surface area contributed by atoms with Crippen LogP contribution in [0.3, 0.4) is 0 Å². The molecule has 0 spiro atoms. The summed E-state index contributed by atoms with van der Waals surface area (Å²) < 4.78 is 1.70. The third kappa shape index (κ3) is 3.89. The SMILES string of the molecule is CC(C)C[C@H]1C(=O)N(CC(=O)N(C)Cc2cccnc2)Cc2cnnn21. The van der Waals surface area contributed by atoms with Gasteiger partial charge >= 0.3 is 0 Å². The fourth-order valence-corrected chi connectivity index (χ4v) is 3.15. The molecule has 0 fully saturated rings. The first-order valence-electron chi connectivity index (χ1n) is 8.76. The second-order valence-corrected chi connectivity index (χ2v) is 7.12. The summed E-state index contributed by atoms with van der Waals surface area (Å²) >= 11 is 0. The highest BCUT2D eigenvalue weighted by atomic mass is 16.2. The van der Waals surface area contributed by atoms with Gasteiger partial charge in [0.25, 0.3) is 0 Å². The number of carbonyl (C=O) groups is 2. The van der Waals surface area contributed by atoms with Crippen LogP contribution in [0.1, 0.15) is 37.6 Å². The molecule has 0 aromatic carbocycles. The molecule has 0 bridgehead atoms. The molecule has 0 saturated carbocycles. The molecule has 8 heteroatoms. The number of amides is 2. The van der Waals surface area contributed by atoms with Crippen LogP contribution in [-0.4, -0.2) is 55.2 Å². The summed E-state index contributed by atoms with van der Waals surface area (Å²) in [5.41, 5.74) is 1.81. The summed E-state index contributed by atoms with van der Waals surface area (Å²) in [6, 6.07) is 3.37. The van der Waals surface area contributed by atoms with E-state index in [-0.39, 0.29) is 18.4 Å². The van der Waals surface area contributed by atoms with E-state index in [2.05, 4.69) is 29.1 Å². The summed E-state index contributed by atoms with van der Waals surface area (Å²) in [4.78, 5) is 32.8. The van der Waals surface area contributed by atoms with E-state index in [1.807, 2.05) is 12.1 Å². The molecule has 2 aromatic heterocycles. The lowest BCUT2D eigenvalue weighted by molar-refractivity contribution is -0.145. The zero-order chi connectivity index (χ0) is 18.7. The molecule has 26 heavy (non-hydrogen) atoms. The predicted molar refractivity (Wildman–Crippen MR) is 94.6 cm³/mol. The van der Waals surface area contributed by atoms with E-state index in [0.29, 0.717) is 25.4 Å². The van der Waals surface area contributed by atoms with Gasteiger partial charge in [0.05, 0.1) is 18.4 Å². The number of pyridine rings is 1. The quantitative estimate of drug-likeness (QED) is 0.778. The van der Waals surface area contributed by atoms with E-state index in [1.54, 1.807) is 40.1 Å². The lowest BCUT2D eigenvalue weighted by Gasteiger charge is -2.34. The Morgan fingerprint density at radius 1 is 1.38 bits per heavy atom. The second kappa shape index (κ2) is 7.63. The highest BCUT2D eigenvalue weighted by molar-refractivity contribution is 5.87. The number of rotatable bonds is 6. The molecule has 0 saturated heterocycles. The van der Waals surface area contributed by atoms with Gasteiger partial charge in [-0.2, -0.15) is 0 Å². The average Bonchev–Trinajstić information content (AvgIpc) is 3.07. The van der Waals surface area contributed by atoms with Gasteiger partial charge in [-0.05, 0) is 24.0 Å². The lowest BCUT2D eigenvalue weighted by Crippen LogP contribution is -2.47. The van der Waals surface area contributed by atoms with Crippen LogP contribution >= 0.6 is 0 Å². The van der Waals surface area contributed by atoms with Crippen LogP contribution in [0.25, 0.3) is 0 Å². The molecule has 0 aliphatic carbocycles. The van der Waals surface area contributed by atoms with Crippen molar-refractivity contribution in [2.45, 2.75) is 39.4 Å². The first-order valence-corrected chi connectivity index (χ1v) is 8.76. The standard InChI is InChI=1S/C18H24N6O2/c1-13(2)7-16-18(26)23(11-15-9-20-21-24(15)16)12-17(25)22(3)10-14-5-4-6-19-8-14/h4-6,8-9,13,16H,7,10-12H2,1-3H3/t16-/m0/s1. The van der Waals surface area contributed by atoms with E-state index < -0.39 is 6.04 Å². The summed E-state index contributed by atoms with van der Waals surface area (Å²) in [6.45, 7) is 5.00. The molecular weight excluding hydrogens is 332 g/mol. The normalized spacial score (nSPS) is 16.7. The third-order valence-electron chi connectivity index (χ3n) is 4.48. The van der Waals surface area contributed by atoms with Crippen molar-refractivity contribution in [3.63, 3.8) is 0 Å². The number of fused-ring (bicyclic) bond motifs is 1. The minimum Gasteiger partial charge on any atom is -0.340 e. The average molecular weight is 356 g/mol. The molecule has 1 atom stereocenters. The molecular formula is C18H24N6O2. The zero-order valence-corrected chi connectivity index (χ0v) is 15.4. The van der Waals surface area contributed by atoms with Crippen molar-refractivity contribution in [1.82, 2.24) is 29.8 Å². The van der Waals surface area contributed by atoms with Gasteiger partial charge in [-0.25, -0.2) is 4.68 Å². The minimum absolute atomic E-state index is 0.0510. The fraction of sp³-hybridized carbons (Fsp3) is 0.500. The molecule has 0 unspecified atom stereocenters. The van der Waals surface area contributed by atoms with Gasteiger partial charge in [-0.15, -0.1) is 5.10 Å². The van der Waals surface area contributed by atoms with Gasteiger partial charge in [-0.3, -0.25) is 14.6 Å². The number of hydrogen-bond acceptors (Lipinski definition) is 5. The Morgan fingerprint density at radius 3 is 2.88 bits per heavy atom. The molecule has 2 aromatic rings. The van der Waals surface area contributed by atoms with Crippen molar-refractivity contribution < 1.29 is 9.59 Å². The van der Waals surface area contributed by atoms with Crippen molar-refractivity contribution in [2.24, 2.45) is 5.92 Å². The van der Waals surface area contributed by atoms with Gasteiger partial charge in [0.2, 0.25) is 11.8 Å². The molecule has 1 aliphatic heterocycles. The maximum absolute atomic E-state index is 12.9. The Balaban J connectivity index is 1.69. The highest BCUT2D eigenvalue weighted by Gasteiger charge is 2.35. The summed E-state index contributed by atoms with van der Waals surface area (Å²) in [5.74, 6) is 0.163. The van der Waals surface area contributed by atoms with Crippen molar-refractivity contribution in [3.05, 3.63) is 42.0 Å². The fourth-order valence-electron chi connectivity index (χ4n) is 3.15. The summed E-state index contributed by atoms with van der Waals surface area (Å²) in [7, 11) is 1.74. The van der Waals surface area contributed by atoms with Gasteiger partial charge in [-0.1, -0.05) is 25.1 Å². The topological polar surface area (TPSA) is 84.2 Å². The van der Waals surface area contributed by atoms with E-state index in [4.69, 9.17) is 0 Å². The lowest BCUT2D eigenvalue weighted by atomic mass is 10.0. The van der Waals surface area contributed by atoms with Gasteiger partial charge in [0.1, 0.15) is 12.6 Å². The number of carbonyl (C=O) groups excluding carboxylic acids is 2. The Labute approximate surface area is 152 Å².